The summed E-state index contributed by atoms with van der Waals surface area (Å²) in [5, 5.41) is 6.42. The number of hydrogen-bond donors (Lipinski definition) is 2. The lowest BCUT2D eigenvalue weighted by Crippen LogP contribution is -2.66. The van der Waals surface area contributed by atoms with E-state index in [1.165, 1.54) is 6.07 Å². The largest absolute Gasteiger partial charge is 0.385 e. The number of hydrogen-bond acceptors (Lipinski definition) is 6. The molecule has 2 N–H and O–H groups in total. The molecule has 0 unspecified atom stereocenters. The molecule has 3 atom stereocenters. The Morgan fingerprint density at radius 3 is 2.55 bits per heavy atom. The van der Waals surface area contributed by atoms with Crippen molar-refractivity contribution in [2.24, 2.45) is 5.92 Å². The summed E-state index contributed by atoms with van der Waals surface area (Å²) in [4.78, 5) is 36.9. The zero-order valence-corrected chi connectivity index (χ0v) is 21.8. The van der Waals surface area contributed by atoms with Gasteiger partial charge in [0.2, 0.25) is 12.3 Å². The predicted molar refractivity (Wildman–Crippen MR) is 141 cm³/mol. The molecule has 0 radical (unpaired) electrons. The van der Waals surface area contributed by atoms with Crippen molar-refractivity contribution in [2.45, 2.75) is 37.9 Å². The topological polar surface area (TPSA) is 96.5 Å². The summed E-state index contributed by atoms with van der Waals surface area (Å²) in [5.41, 5.74) is 1.73. The summed E-state index contributed by atoms with van der Waals surface area (Å²) in [5.74, 6) is -1.64. The van der Waals surface area contributed by atoms with Crippen molar-refractivity contribution in [3.05, 3.63) is 95.3 Å². The summed E-state index contributed by atoms with van der Waals surface area (Å²) >= 11 is 0. The molecule has 0 bridgehead atoms. The Kier molecular flexibility index (Phi) is 9.15. The maximum absolute atomic E-state index is 14.9. The zero-order chi connectivity index (χ0) is 27.0. The van der Waals surface area contributed by atoms with Crippen LogP contribution in [0.1, 0.15) is 34.9 Å². The second-order valence-electron chi connectivity index (χ2n) is 9.61. The lowest BCUT2D eigenvalue weighted by molar-refractivity contribution is -0.136. The molecule has 4 rings (SSSR count). The van der Waals surface area contributed by atoms with Crippen molar-refractivity contribution in [3.8, 4) is 0 Å². The SMILES string of the molecule is COCC[C@@]1(N(C=O)Cc2ccccn2)CNC[C@H](C(=O)NCc2ccccn2)[C@H]1c1cccc(F)c1C. The van der Waals surface area contributed by atoms with Crippen LogP contribution in [0.3, 0.4) is 0 Å². The van der Waals surface area contributed by atoms with Gasteiger partial charge in [0.05, 0.1) is 35.9 Å². The third kappa shape index (κ3) is 5.89. The van der Waals surface area contributed by atoms with Crippen LogP contribution in [0, 0.1) is 18.7 Å². The van der Waals surface area contributed by atoms with E-state index in [4.69, 9.17) is 4.74 Å². The second-order valence-corrected chi connectivity index (χ2v) is 9.61. The van der Waals surface area contributed by atoms with E-state index in [-0.39, 0.29) is 24.8 Å². The zero-order valence-electron chi connectivity index (χ0n) is 21.8. The first-order valence-corrected chi connectivity index (χ1v) is 12.7. The molecule has 0 aliphatic carbocycles. The van der Waals surface area contributed by atoms with Crippen molar-refractivity contribution in [1.82, 2.24) is 25.5 Å². The fourth-order valence-corrected chi connectivity index (χ4v) is 5.48. The summed E-state index contributed by atoms with van der Waals surface area (Å²) in [6.07, 6.45) is 4.60. The van der Waals surface area contributed by atoms with Crippen LogP contribution in [-0.4, -0.2) is 59.5 Å². The molecule has 3 heterocycles. The highest BCUT2D eigenvalue weighted by Crippen LogP contribution is 2.45. The van der Waals surface area contributed by atoms with Gasteiger partial charge in [-0.05, 0) is 54.8 Å². The van der Waals surface area contributed by atoms with Crippen molar-refractivity contribution < 1.29 is 18.7 Å². The number of aromatic nitrogens is 2. The van der Waals surface area contributed by atoms with Crippen LogP contribution in [0.15, 0.2) is 67.0 Å². The predicted octanol–water partition coefficient (Wildman–Crippen LogP) is 2.98. The number of carbonyl (C=O) groups is 2. The van der Waals surface area contributed by atoms with E-state index in [9.17, 15) is 14.0 Å². The summed E-state index contributed by atoms with van der Waals surface area (Å²) in [6.45, 7) is 3.36. The summed E-state index contributed by atoms with van der Waals surface area (Å²) in [6, 6.07) is 16.0. The number of methoxy groups -OCH3 is 1. The maximum Gasteiger partial charge on any atom is 0.225 e. The first kappa shape index (κ1) is 27.3. The Bertz CT molecular complexity index is 1210. The van der Waals surface area contributed by atoms with Crippen LogP contribution >= 0.6 is 0 Å². The highest BCUT2D eigenvalue weighted by atomic mass is 19.1. The van der Waals surface area contributed by atoms with Crippen molar-refractivity contribution in [1.29, 1.82) is 0 Å². The number of carbonyl (C=O) groups excluding carboxylic acids is 2. The van der Waals surface area contributed by atoms with Crippen LogP contribution in [0.4, 0.5) is 4.39 Å². The van der Waals surface area contributed by atoms with E-state index in [0.717, 1.165) is 12.1 Å². The Morgan fingerprint density at radius 2 is 1.89 bits per heavy atom. The van der Waals surface area contributed by atoms with E-state index < -0.39 is 17.4 Å². The summed E-state index contributed by atoms with van der Waals surface area (Å²) < 4.78 is 20.4. The van der Waals surface area contributed by atoms with Crippen molar-refractivity contribution in [3.63, 3.8) is 0 Å². The molecule has 1 aliphatic rings. The molecule has 9 heteroatoms. The standard InChI is InChI=1S/C29H34FN5O3/c1-21-24(10-7-11-26(21)30)27-25(28(37)34-16-22-8-3-5-13-32-22)17-31-19-29(27,12-15-38-2)35(20-36)18-23-9-4-6-14-33-23/h3-11,13-14,20,25,27,31H,12,15-19H2,1-2H3,(H,34,37)/t25-,27+,29+/m0/s1. The van der Waals surface area contributed by atoms with Gasteiger partial charge in [0.1, 0.15) is 5.82 Å². The van der Waals surface area contributed by atoms with Gasteiger partial charge in [-0.2, -0.15) is 0 Å². The minimum Gasteiger partial charge on any atom is -0.385 e. The number of nitrogens with zero attached hydrogens (tertiary/aromatic N) is 3. The van der Waals surface area contributed by atoms with E-state index in [1.807, 2.05) is 42.5 Å². The molecule has 1 fully saturated rings. The van der Waals surface area contributed by atoms with Crippen molar-refractivity contribution >= 4 is 12.3 Å². The maximum atomic E-state index is 14.9. The van der Waals surface area contributed by atoms with Gasteiger partial charge in [0.15, 0.2) is 0 Å². The Morgan fingerprint density at radius 1 is 1.16 bits per heavy atom. The van der Waals surface area contributed by atoms with E-state index in [2.05, 4.69) is 20.6 Å². The molecule has 38 heavy (non-hydrogen) atoms. The highest BCUT2D eigenvalue weighted by molar-refractivity contribution is 5.81. The molecule has 2 aromatic heterocycles. The lowest BCUT2D eigenvalue weighted by atomic mass is 9.65. The number of benzene rings is 1. The van der Waals surface area contributed by atoms with Gasteiger partial charge in [-0.1, -0.05) is 24.3 Å². The number of pyridine rings is 2. The molecule has 8 nitrogen and oxygen atoms in total. The Balaban J connectivity index is 1.78. The van der Waals surface area contributed by atoms with Gasteiger partial charge in [0, 0.05) is 45.1 Å². The number of amides is 2. The van der Waals surface area contributed by atoms with Crippen LogP contribution in [0.2, 0.25) is 0 Å². The quantitative estimate of drug-likeness (QED) is 0.378. The third-order valence-electron chi connectivity index (χ3n) is 7.42. The first-order chi connectivity index (χ1) is 18.5. The third-order valence-corrected chi connectivity index (χ3v) is 7.42. The highest BCUT2D eigenvalue weighted by Gasteiger charge is 2.52. The number of rotatable bonds is 11. The first-order valence-electron chi connectivity index (χ1n) is 12.7. The average Bonchev–Trinajstić information content (AvgIpc) is 2.96. The van der Waals surface area contributed by atoms with Crippen LogP contribution in [0.25, 0.3) is 0 Å². The number of halogens is 1. The second kappa shape index (κ2) is 12.7. The normalized spacial score (nSPS) is 21.0. The van der Waals surface area contributed by atoms with E-state index in [0.29, 0.717) is 42.9 Å². The minimum atomic E-state index is -0.890. The van der Waals surface area contributed by atoms with Gasteiger partial charge >= 0.3 is 0 Å². The number of ether oxygens (including phenoxy) is 1. The van der Waals surface area contributed by atoms with Crippen LogP contribution in [-0.2, 0) is 27.4 Å². The van der Waals surface area contributed by atoms with E-state index >= 15 is 0 Å². The fourth-order valence-electron chi connectivity index (χ4n) is 5.48. The number of piperidine rings is 1. The monoisotopic (exact) mass is 519 g/mol. The van der Waals surface area contributed by atoms with Crippen LogP contribution < -0.4 is 10.6 Å². The van der Waals surface area contributed by atoms with Crippen molar-refractivity contribution in [2.75, 3.05) is 26.8 Å². The van der Waals surface area contributed by atoms with Gasteiger partial charge < -0.3 is 20.3 Å². The molecule has 1 aliphatic heterocycles. The molecule has 1 aromatic carbocycles. The minimum absolute atomic E-state index is 0.193. The van der Waals surface area contributed by atoms with Crippen LogP contribution in [0.5, 0.6) is 0 Å². The molecule has 0 spiro atoms. The molecule has 3 aromatic rings. The number of nitrogens with one attached hydrogen (secondary N) is 2. The fraction of sp³-hybridized carbons (Fsp3) is 0.379. The lowest BCUT2D eigenvalue weighted by Gasteiger charge is -2.53. The van der Waals surface area contributed by atoms with E-state index in [1.54, 1.807) is 37.4 Å². The van der Waals surface area contributed by atoms with Gasteiger partial charge in [-0.3, -0.25) is 19.6 Å². The molecule has 200 valence electrons. The molecular weight excluding hydrogens is 485 g/mol. The average molecular weight is 520 g/mol. The van der Waals surface area contributed by atoms with Gasteiger partial charge in [0.25, 0.3) is 0 Å². The molecule has 1 saturated heterocycles. The molecule has 2 amide bonds. The van der Waals surface area contributed by atoms with Gasteiger partial charge in [-0.25, -0.2) is 4.39 Å². The Labute approximate surface area is 222 Å². The summed E-state index contributed by atoms with van der Waals surface area (Å²) in [7, 11) is 1.60. The molecule has 0 saturated carbocycles. The van der Waals surface area contributed by atoms with Gasteiger partial charge in [-0.15, -0.1) is 0 Å². The molecular formula is C29H34FN5O3. The Hall–Kier alpha value is -3.69. The smallest absolute Gasteiger partial charge is 0.225 e.